The largest absolute Gasteiger partial charge is 0.382 e. The van der Waals surface area contributed by atoms with Gasteiger partial charge in [0, 0.05) is 58.7 Å². The van der Waals surface area contributed by atoms with E-state index in [0.29, 0.717) is 6.54 Å². The van der Waals surface area contributed by atoms with Crippen LogP contribution in [0, 0.1) is 12.7 Å². The third-order valence-corrected chi connectivity index (χ3v) is 5.28. The molecule has 1 N–H and O–H groups in total. The van der Waals surface area contributed by atoms with Gasteiger partial charge in [0.05, 0.1) is 0 Å². The summed E-state index contributed by atoms with van der Waals surface area (Å²) >= 11 is 0. The average Bonchev–Trinajstić information content (AvgIpc) is 3.08. The van der Waals surface area contributed by atoms with E-state index in [4.69, 9.17) is 9.73 Å². The summed E-state index contributed by atoms with van der Waals surface area (Å²) in [7, 11) is 1.96. The molecule has 1 saturated heterocycles. The number of halogens is 1. The van der Waals surface area contributed by atoms with E-state index < -0.39 is 0 Å². The van der Waals surface area contributed by atoms with Crippen molar-refractivity contribution in [2.45, 2.75) is 26.8 Å². The fraction of sp³-hybridized carbons (Fsp3) is 0.571. The molecule has 8 nitrogen and oxygen atoms in total. The van der Waals surface area contributed by atoms with Gasteiger partial charge < -0.3 is 24.4 Å². The van der Waals surface area contributed by atoms with Crippen molar-refractivity contribution in [2.75, 3.05) is 50.8 Å². The fourth-order valence-electron chi connectivity index (χ4n) is 3.35. The van der Waals surface area contributed by atoms with Gasteiger partial charge in [-0.15, -0.1) is 10.2 Å². The maximum absolute atomic E-state index is 13.2. The zero-order valence-electron chi connectivity index (χ0n) is 18.1. The van der Waals surface area contributed by atoms with Gasteiger partial charge in [0.25, 0.3) is 0 Å². The van der Waals surface area contributed by atoms with Gasteiger partial charge in [-0.05, 0) is 44.5 Å². The molecule has 0 amide bonds. The number of hydrogen-bond acceptors (Lipinski definition) is 5. The Bertz CT molecular complexity index is 813. The molecule has 0 saturated carbocycles. The lowest BCUT2D eigenvalue weighted by Gasteiger charge is -2.37. The normalized spacial score (nSPS) is 15.0. The summed E-state index contributed by atoms with van der Waals surface area (Å²) in [4.78, 5) is 9.36. The van der Waals surface area contributed by atoms with Crippen molar-refractivity contribution < 1.29 is 9.13 Å². The van der Waals surface area contributed by atoms with Crippen LogP contribution in [0.15, 0.2) is 29.3 Å². The number of guanidine groups is 1. The zero-order valence-corrected chi connectivity index (χ0v) is 18.1. The Morgan fingerprint density at radius 2 is 1.90 bits per heavy atom. The lowest BCUT2D eigenvalue weighted by atomic mass is 10.2. The zero-order chi connectivity index (χ0) is 21.3. The molecule has 1 aromatic carbocycles. The number of piperazine rings is 1. The number of benzene rings is 1. The first kappa shape index (κ1) is 22.0. The molecule has 0 radical (unpaired) electrons. The van der Waals surface area contributed by atoms with E-state index in [9.17, 15) is 4.39 Å². The van der Waals surface area contributed by atoms with Gasteiger partial charge in [-0.2, -0.15) is 0 Å². The summed E-state index contributed by atoms with van der Waals surface area (Å²) in [6, 6.07) is 6.69. The molecule has 0 atom stereocenters. The van der Waals surface area contributed by atoms with E-state index >= 15 is 0 Å². The SMILES string of the molecule is CCOCCCNC(=NCc1nnc(C)n1C)N1CCN(c2ccc(F)cc2)CC1. The number of nitrogens with one attached hydrogen (secondary N) is 1. The standard InChI is InChI=1S/C21H32FN7O/c1-4-30-15-5-10-23-21(24-16-20-26-25-17(2)27(20)3)29-13-11-28(12-14-29)19-8-6-18(22)7-9-19/h6-9H,4-5,10-16H2,1-3H3,(H,23,24). The molecular formula is C21H32FN7O. The lowest BCUT2D eigenvalue weighted by molar-refractivity contribution is 0.145. The molecule has 2 heterocycles. The number of rotatable bonds is 8. The lowest BCUT2D eigenvalue weighted by Crippen LogP contribution is -2.52. The van der Waals surface area contributed by atoms with Crippen LogP contribution in [-0.4, -0.2) is 71.6 Å². The Hall–Kier alpha value is -2.68. The second-order valence-electron chi connectivity index (χ2n) is 7.29. The van der Waals surface area contributed by atoms with Gasteiger partial charge in [-0.25, -0.2) is 9.38 Å². The summed E-state index contributed by atoms with van der Waals surface area (Å²) in [5, 5.41) is 11.8. The van der Waals surface area contributed by atoms with Crippen LogP contribution in [-0.2, 0) is 18.3 Å². The van der Waals surface area contributed by atoms with Crippen molar-refractivity contribution >= 4 is 11.6 Å². The molecule has 30 heavy (non-hydrogen) atoms. The maximum Gasteiger partial charge on any atom is 0.194 e. The summed E-state index contributed by atoms with van der Waals surface area (Å²) in [5.41, 5.74) is 1.05. The van der Waals surface area contributed by atoms with Crippen molar-refractivity contribution in [1.82, 2.24) is 25.0 Å². The van der Waals surface area contributed by atoms with Crippen molar-refractivity contribution in [3.63, 3.8) is 0 Å². The molecule has 1 aromatic heterocycles. The van der Waals surface area contributed by atoms with E-state index in [0.717, 1.165) is 75.7 Å². The highest BCUT2D eigenvalue weighted by Crippen LogP contribution is 2.17. The van der Waals surface area contributed by atoms with Gasteiger partial charge in [-0.1, -0.05) is 0 Å². The number of nitrogens with zero attached hydrogens (tertiary/aromatic N) is 6. The quantitative estimate of drug-likeness (QED) is 0.402. The third-order valence-electron chi connectivity index (χ3n) is 5.28. The van der Waals surface area contributed by atoms with Crippen molar-refractivity contribution in [1.29, 1.82) is 0 Å². The van der Waals surface area contributed by atoms with Crippen molar-refractivity contribution in [2.24, 2.45) is 12.0 Å². The van der Waals surface area contributed by atoms with Crippen LogP contribution in [0.1, 0.15) is 25.0 Å². The Labute approximate surface area is 177 Å². The molecule has 0 spiro atoms. The van der Waals surface area contributed by atoms with Crippen LogP contribution < -0.4 is 10.2 Å². The first-order chi connectivity index (χ1) is 14.6. The van der Waals surface area contributed by atoms with Crippen LogP contribution in [0.25, 0.3) is 0 Å². The Balaban J connectivity index is 1.61. The van der Waals surface area contributed by atoms with Crippen LogP contribution in [0.5, 0.6) is 0 Å². The molecular weight excluding hydrogens is 385 g/mol. The molecule has 0 bridgehead atoms. The third kappa shape index (κ3) is 5.91. The van der Waals surface area contributed by atoms with Crippen LogP contribution >= 0.6 is 0 Å². The summed E-state index contributed by atoms with van der Waals surface area (Å²) in [6.45, 7) is 10.1. The molecule has 164 valence electrons. The molecule has 1 aliphatic rings. The van der Waals surface area contributed by atoms with Crippen LogP contribution in [0.3, 0.4) is 0 Å². The van der Waals surface area contributed by atoms with E-state index in [2.05, 4.69) is 25.3 Å². The van der Waals surface area contributed by atoms with E-state index in [-0.39, 0.29) is 5.82 Å². The maximum atomic E-state index is 13.2. The minimum atomic E-state index is -0.206. The molecule has 2 aromatic rings. The van der Waals surface area contributed by atoms with Crippen LogP contribution in [0.2, 0.25) is 0 Å². The first-order valence-electron chi connectivity index (χ1n) is 10.5. The highest BCUT2D eigenvalue weighted by atomic mass is 19.1. The predicted octanol–water partition coefficient (Wildman–Crippen LogP) is 1.96. The average molecular weight is 418 g/mol. The number of aromatic nitrogens is 3. The van der Waals surface area contributed by atoms with E-state index in [1.165, 1.54) is 12.1 Å². The van der Waals surface area contributed by atoms with E-state index in [1.54, 1.807) is 0 Å². The Morgan fingerprint density at radius 1 is 1.17 bits per heavy atom. The number of aliphatic imine (C=N–C) groups is 1. The van der Waals surface area contributed by atoms with Gasteiger partial charge in [-0.3, -0.25) is 0 Å². The second kappa shape index (κ2) is 10.9. The summed E-state index contributed by atoms with van der Waals surface area (Å²) in [5.74, 6) is 2.39. The molecule has 0 unspecified atom stereocenters. The number of aryl methyl sites for hydroxylation is 1. The van der Waals surface area contributed by atoms with Crippen LogP contribution in [0.4, 0.5) is 10.1 Å². The minimum Gasteiger partial charge on any atom is -0.382 e. The van der Waals surface area contributed by atoms with Gasteiger partial charge >= 0.3 is 0 Å². The van der Waals surface area contributed by atoms with Crippen molar-refractivity contribution in [3.8, 4) is 0 Å². The van der Waals surface area contributed by atoms with Gasteiger partial charge in [0.2, 0.25) is 0 Å². The molecule has 1 aliphatic heterocycles. The molecule has 0 aliphatic carbocycles. The number of hydrogen-bond donors (Lipinski definition) is 1. The molecule has 1 fully saturated rings. The monoisotopic (exact) mass is 417 g/mol. The fourth-order valence-corrected chi connectivity index (χ4v) is 3.35. The Morgan fingerprint density at radius 3 is 2.53 bits per heavy atom. The first-order valence-corrected chi connectivity index (χ1v) is 10.5. The number of anilines is 1. The van der Waals surface area contributed by atoms with Gasteiger partial charge in [0.15, 0.2) is 11.8 Å². The van der Waals surface area contributed by atoms with Gasteiger partial charge in [0.1, 0.15) is 18.2 Å². The van der Waals surface area contributed by atoms with E-state index in [1.807, 2.05) is 37.6 Å². The molecule has 9 heteroatoms. The molecule has 3 rings (SSSR count). The van der Waals surface area contributed by atoms with Crippen molar-refractivity contribution in [3.05, 3.63) is 41.7 Å². The Kier molecular flexibility index (Phi) is 8.01. The summed E-state index contributed by atoms with van der Waals surface area (Å²) < 4.78 is 20.6. The second-order valence-corrected chi connectivity index (χ2v) is 7.29. The number of ether oxygens (including phenoxy) is 1. The highest BCUT2D eigenvalue weighted by molar-refractivity contribution is 5.80. The predicted molar refractivity (Wildman–Crippen MR) is 116 cm³/mol. The smallest absolute Gasteiger partial charge is 0.194 e. The highest BCUT2D eigenvalue weighted by Gasteiger charge is 2.20. The topological polar surface area (TPSA) is 70.8 Å². The minimum absolute atomic E-state index is 0.206. The summed E-state index contributed by atoms with van der Waals surface area (Å²) in [6.07, 6.45) is 0.922.